The minimum atomic E-state index is -4.95. The SMILES string of the molecule is CNc1nc(Nc2ccccc2OC(F)(F)F)cc(C(F)(F)F)n1. The van der Waals surface area contributed by atoms with E-state index in [0.717, 1.165) is 6.07 Å². The molecule has 2 aromatic rings. The Labute approximate surface area is 131 Å². The lowest BCUT2D eigenvalue weighted by Gasteiger charge is -2.15. The van der Waals surface area contributed by atoms with Crippen LogP contribution in [-0.4, -0.2) is 23.4 Å². The van der Waals surface area contributed by atoms with Crippen molar-refractivity contribution in [3.8, 4) is 5.75 Å². The third-order valence-corrected chi connectivity index (χ3v) is 2.62. The molecule has 2 N–H and O–H groups in total. The zero-order valence-corrected chi connectivity index (χ0v) is 12.0. The fourth-order valence-corrected chi connectivity index (χ4v) is 1.69. The first-order valence-electron chi connectivity index (χ1n) is 6.34. The monoisotopic (exact) mass is 352 g/mol. The van der Waals surface area contributed by atoms with Crippen LogP contribution in [0.3, 0.4) is 0 Å². The van der Waals surface area contributed by atoms with Crippen molar-refractivity contribution in [2.45, 2.75) is 12.5 Å². The lowest BCUT2D eigenvalue weighted by Crippen LogP contribution is -2.18. The summed E-state index contributed by atoms with van der Waals surface area (Å²) in [6.45, 7) is 0. The number of benzene rings is 1. The number of rotatable bonds is 4. The Morgan fingerprint density at radius 3 is 2.25 bits per heavy atom. The largest absolute Gasteiger partial charge is 0.573 e. The molecule has 5 nitrogen and oxygen atoms in total. The molecule has 0 saturated heterocycles. The topological polar surface area (TPSA) is 59.1 Å². The van der Waals surface area contributed by atoms with Crippen molar-refractivity contribution in [2.75, 3.05) is 17.7 Å². The zero-order chi connectivity index (χ0) is 18.0. The number of halogens is 6. The number of alkyl halides is 6. The van der Waals surface area contributed by atoms with Gasteiger partial charge >= 0.3 is 12.5 Å². The van der Waals surface area contributed by atoms with Crippen molar-refractivity contribution in [2.24, 2.45) is 0 Å². The van der Waals surface area contributed by atoms with Crippen LogP contribution in [0.15, 0.2) is 30.3 Å². The minimum Gasteiger partial charge on any atom is -0.404 e. The molecule has 0 atom stereocenters. The molecule has 0 unspecified atom stereocenters. The number of nitrogens with zero attached hydrogens (tertiary/aromatic N) is 2. The van der Waals surface area contributed by atoms with Gasteiger partial charge in [0.2, 0.25) is 5.95 Å². The van der Waals surface area contributed by atoms with Gasteiger partial charge in [-0.2, -0.15) is 18.2 Å². The standard InChI is InChI=1S/C13H10F6N4O/c1-20-11-22-9(12(14,15)16)6-10(23-11)21-7-4-2-3-5-8(7)24-13(17,18)19/h2-6H,1H3,(H2,20,21,22,23). The van der Waals surface area contributed by atoms with Crippen molar-refractivity contribution < 1.29 is 31.1 Å². The van der Waals surface area contributed by atoms with Gasteiger partial charge in [-0.3, -0.25) is 0 Å². The lowest BCUT2D eigenvalue weighted by molar-refractivity contribution is -0.274. The molecule has 0 saturated carbocycles. The van der Waals surface area contributed by atoms with Crippen LogP contribution in [0, 0.1) is 0 Å². The molecule has 0 spiro atoms. The van der Waals surface area contributed by atoms with Crippen molar-refractivity contribution in [1.82, 2.24) is 9.97 Å². The van der Waals surface area contributed by atoms with Crippen LogP contribution in [0.4, 0.5) is 43.8 Å². The van der Waals surface area contributed by atoms with E-state index in [2.05, 4.69) is 25.3 Å². The van der Waals surface area contributed by atoms with Crippen molar-refractivity contribution >= 4 is 17.5 Å². The van der Waals surface area contributed by atoms with Crippen molar-refractivity contribution in [1.29, 1.82) is 0 Å². The van der Waals surface area contributed by atoms with Gasteiger partial charge in [0.05, 0.1) is 5.69 Å². The van der Waals surface area contributed by atoms with Crippen LogP contribution in [0.25, 0.3) is 0 Å². The number of aromatic nitrogens is 2. The molecular formula is C13H10F6N4O. The van der Waals surface area contributed by atoms with Gasteiger partial charge in [-0.05, 0) is 12.1 Å². The van der Waals surface area contributed by atoms with Gasteiger partial charge in [0.25, 0.3) is 0 Å². The van der Waals surface area contributed by atoms with Crippen LogP contribution < -0.4 is 15.4 Å². The van der Waals surface area contributed by atoms with Gasteiger partial charge in [-0.15, -0.1) is 13.2 Å². The Morgan fingerprint density at radius 2 is 1.67 bits per heavy atom. The summed E-state index contributed by atoms with van der Waals surface area (Å²) in [5.74, 6) is -1.30. The number of nitrogens with one attached hydrogen (secondary N) is 2. The van der Waals surface area contributed by atoms with E-state index in [1.54, 1.807) is 0 Å². The molecule has 0 aliphatic heterocycles. The van der Waals surface area contributed by atoms with E-state index in [1.165, 1.54) is 25.2 Å². The lowest BCUT2D eigenvalue weighted by atomic mass is 10.3. The number of hydrogen-bond acceptors (Lipinski definition) is 5. The highest BCUT2D eigenvalue weighted by molar-refractivity contribution is 5.64. The smallest absolute Gasteiger partial charge is 0.404 e. The molecule has 0 fully saturated rings. The Balaban J connectivity index is 2.38. The van der Waals surface area contributed by atoms with E-state index < -0.39 is 24.0 Å². The summed E-state index contributed by atoms with van der Waals surface area (Å²) >= 11 is 0. The maximum absolute atomic E-state index is 12.8. The third-order valence-electron chi connectivity index (χ3n) is 2.62. The Hall–Kier alpha value is -2.72. The summed E-state index contributed by atoms with van der Waals surface area (Å²) < 4.78 is 79.3. The van der Waals surface area contributed by atoms with Crippen molar-refractivity contribution in [3.63, 3.8) is 0 Å². The third kappa shape index (κ3) is 4.64. The number of anilines is 3. The van der Waals surface area contributed by atoms with E-state index in [4.69, 9.17) is 0 Å². The highest BCUT2D eigenvalue weighted by Crippen LogP contribution is 2.34. The second-order valence-corrected chi connectivity index (χ2v) is 4.38. The molecule has 0 aliphatic carbocycles. The molecule has 11 heteroatoms. The molecule has 0 bridgehead atoms. The highest BCUT2D eigenvalue weighted by atomic mass is 19.4. The molecule has 0 radical (unpaired) electrons. The molecule has 0 aliphatic rings. The van der Waals surface area contributed by atoms with Crippen LogP contribution in [-0.2, 0) is 6.18 Å². The molecule has 130 valence electrons. The number of para-hydroxylation sites is 2. The normalized spacial score (nSPS) is 12.0. The van der Waals surface area contributed by atoms with Crippen LogP contribution in [0.2, 0.25) is 0 Å². The first-order valence-corrected chi connectivity index (χ1v) is 6.34. The van der Waals surface area contributed by atoms with E-state index in [1.807, 2.05) is 0 Å². The maximum Gasteiger partial charge on any atom is 0.573 e. The predicted octanol–water partition coefficient (Wildman–Crippen LogP) is 4.18. The van der Waals surface area contributed by atoms with Gasteiger partial charge in [0.1, 0.15) is 5.82 Å². The summed E-state index contributed by atoms with van der Waals surface area (Å²) in [5.41, 5.74) is -1.46. The fourth-order valence-electron chi connectivity index (χ4n) is 1.69. The highest BCUT2D eigenvalue weighted by Gasteiger charge is 2.34. The number of ether oxygens (including phenoxy) is 1. The quantitative estimate of drug-likeness (QED) is 0.809. The van der Waals surface area contributed by atoms with Crippen LogP contribution >= 0.6 is 0 Å². The predicted molar refractivity (Wildman–Crippen MR) is 73.0 cm³/mol. The molecule has 1 aromatic carbocycles. The van der Waals surface area contributed by atoms with Gasteiger partial charge in [-0.25, -0.2) is 4.98 Å². The van der Waals surface area contributed by atoms with Gasteiger partial charge < -0.3 is 15.4 Å². The average Bonchev–Trinajstić information content (AvgIpc) is 2.46. The zero-order valence-electron chi connectivity index (χ0n) is 12.0. The summed E-state index contributed by atoms with van der Waals surface area (Å²) in [6, 6.07) is 5.46. The van der Waals surface area contributed by atoms with E-state index in [9.17, 15) is 26.3 Å². The van der Waals surface area contributed by atoms with Crippen molar-refractivity contribution in [3.05, 3.63) is 36.0 Å². The Morgan fingerprint density at radius 1 is 1.00 bits per heavy atom. The second kappa shape index (κ2) is 6.42. The first-order chi connectivity index (χ1) is 11.1. The van der Waals surface area contributed by atoms with E-state index >= 15 is 0 Å². The molecule has 2 rings (SSSR count). The number of hydrogen-bond donors (Lipinski definition) is 2. The van der Waals surface area contributed by atoms with E-state index in [0.29, 0.717) is 6.07 Å². The summed E-state index contributed by atoms with van der Waals surface area (Å²) in [6.07, 6.45) is -9.69. The van der Waals surface area contributed by atoms with E-state index in [-0.39, 0.29) is 17.5 Å². The van der Waals surface area contributed by atoms with Crippen LogP contribution in [0.5, 0.6) is 5.75 Å². The summed E-state index contributed by atoms with van der Waals surface area (Å²) in [5, 5.41) is 4.71. The second-order valence-electron chi connectivity index (χ2n) is 4.38. The Bertz CT molecular complexity index is 716. The molecule has 24 heavy (non-hydrogen) atoms. The molecule has 0 amide bonds. The van der Waals surface area contributed by atoms with Crippen LogP contribution in [0.1, 0.15) is 5.69 Å². The molecule has 1 aromatic heterocycles. The summed E-state index contributed by atoms with van der Waals surface area (Å²) in [7, 11) is 1.31. The summed E-state index contributed by atoms with van der Waals surface area (Å²) in [4.78, 5) is 6.98. The first kappa shape index (κ1) is 17.6. The maximum atomic E-state index is 12.8. The molecular weight excluding hydrogens is 342 g/mol. The van der Waals surface area contributed by atoms with Gasteiger partial charge in [0.15, 0.2) is 11.4 Å². The van der Waals surface area contributed by atoms with Gasteiger partial charge in [0, 0.05) is 13.1 Å². The Kier molecular flexibility index (Phi) is 4.71. The average molecular weight is 352 g/mol. The fraction of sp³-hybridized carbons (Fsp3) is 0.231. The van der Waals surface area contributed by atoms with Gasteiger partial charge in [-0.1, -0.05) is 12.1 Å². The minimum absolute atomic E-state index is 0.205. The molecule has 1 heterocycles.